The van der Waals surface area contributed by atoms with Crippen molar-refractivity contribution in [3.63, 3.8) is 0 Å². The lowest BCUT2D eigenvalue weighted by Crippen LogP contribution is -2.56. The van der Waals surface area contributed by atoms with Gasteiger partial charge in [0.25, 0.3) is 5.91 Å². The van der Waals surface area contributed by atoms with E-state index < -0.39 is 0 Å². The molecule has 4 bridgehead atoms. The summed E-state index contributed by atoms with van der Waals surface area (Å²) in [7, 11) is 0. The van der Waals surface area contributed by atoms with Gasteiger partial charge < -0.3 is 20.4 Å². The van der Waals surface area contributed by atoms with Crippen LogP contribution >= 0.6 is 0 Å². The van der Waals surface area contributed by atoms with Gasteiger partial charge >= 0.3 is 0 Å². The summed E-state index contributed by atoms with van der Waals surface area (Å²) >= 11 is 0. The topological polar surface area (TPSA) is 96.6 Å². The second-order valence-corrected chi connectivity index (χ2v) is 8.61. The van der Waals surface area contributed by atoms with Crippen molar-refractivity contribution in [3.8, 4) is 6.07 Å². The first-order chi connectivity index (χ1) is 12.5. The normalized spacial score (nSPS) is 33.6. The molecule has 1 atom stereocenters. The maximum absolute atomic E-state index is 12.7. The number of rotatable bonds is 8. The summed E-state index contributed by atoms with van der Waals surface area (Å²) in [5, 5.41) is 30.7. The molecule has 0 aliphatic heterocycles. The van der Waals surface area contributed by atoms with Crippen LogP contribution in [0.3, 0.4) is 0 Å². The maximum atomic E-state index is 12.7. The van der Waals surface area contributed by atoms with Crippen LogP contribution in [0.4, 0.5) is 0 Å². The molecule has 4 aliphatic carbocycles. The Labute approximate surface area is 155 Å². The van der Waals surface area contributed by atoms with E-state index in [-0.39, 0.29) is 49.2 Å². The molecule has 1 amide bonds. The summed E-state index contributed by atoms with van der Waals surface area (Å²) in [6, 6.07) is 2.03. The summed E-state index contributed by atoms with van der Waals surface area (Å²) in [6.07, 6.45) is 9.14. The molecule has 6 heteroatoms. The first kappa shape index (κ1) is 19.2. The Balaban J connectivity index is 1.67. The van der Waals surface area contributed by atoms with Gasteiger partial charge in [-0.2, -0.15) is 5.26 Å². The van der Waals surface area contributed by atoms with Gasteiger partial charge in [-0.15, -0.1) is 0 Å². The van der Waals surface area contributed by atoms with Crippen molar-refractivity contribution in [1.29, 1.82) is 5.26 Å². The van der Waals surface area contributed by atoms with E-state index in [0.29, 0.717) is 0 Å². The molecule has 3 N–H and O–H groups in total. The van der Waals surface area contributed by atoms with E-state index in [2.05, 4.69) is 12.2 Å². The minimum atomic E-state index is -0.350. The molecule has 0 aromatic heterocycles. The van der Waals surface area contributed by atoms with E-state index in [4.69, 9.17) is 10.2 Å². The number of aliphatic hydroxyl groups is 2. The molecule has 4 fully saturated rings. The summed E-state index contributed by atoms with van der Waals surface area (Å²) in [5.74, 6) is 2.10. The lowest BCUT2D eigenvalue weighted by molar-refractivity contribution is -0.122. The number of carbonyl (C=O) groups excluding carboxylic acids is 1. The Kier molecular flexibility index (Phi) is 5.89. The summed E-state index contributed by atoms with van der Waals surface area (Å²) in [5.41, 5.74) is 0.226. The van der Waals surface area contributed by atoms with Crippen molar-refractivity contribution in [2.75, 3.05) is 26.3 Å². The molecule has 0 saturated heterocycles. The average molecular weight is 361 g/mol. The van der Waals surface area contributed by atoms with Crippen LogP contribution in [0.5, 0.6) is 0 Å². The van der Waals surface area contributed by atoms with Crippen molar-refractivity contribution < 1.29 is 15.0 Å². The van der Waals surface area contributed by atoms with E-state index in [0.717, 1.165) is 17.8 Å². The van der Waals surface area contributed by atoms with Gasteiger partial charge in [0.2, 0.25) is 0 Å². The smallest absolute Gasteiger partial charge is 0.263 e. The highest BCUT2D eigenvalue weighted by Gasteiger charge is 2.53. The maximum Gasteiger partial charge on any atom is 0.263 e. The van der Waals surface area contributed by atoms with E-state index in [1.54, 1.807) is 4.90 Å². The van der Waals surface area contributed by atoms with Crippen LogP contribution < -0.4 is 5.32 Å². The SMILES string of the molecule is CC(NC(=O)/C(C#N)=C\N(CCO)CCO)C12CC3CC(CC(C3)C1)C2. The van der Waals surface area contributed by atoms with Gasteiger partial charge in [-0.25, -0.2) is 0 Å². The largest absolute Gasteiger partial charge is 0.395 e. The minimum absolute atomic E-state index is 0.0310. The minimum Gasteiger partial charge on any atom is -0.395 e. The van der Waals surface area contributed by atoms with Gasteiger partial charge in [0.1, 0.15) is 11.6 Å². The molecule has 0 heterocycles. The molecule has 0 spiro atoms. The van der Waals surface area contributed by atoms with Gasteiger partial charge in [-0.1, -0.05) is 0 Å². The fourth-order valence-corrected chi connectivity index (χ4v) is 5.95. The van der Waals surface area contributed by atoms with Gasteiger partial charge in [-0.3, -0.25) is 4.79 Å². The van der Waals surface area contributed by atoms with E-state index in [1.807, 2.05) is 6.07 Å². The first-order valence-corrected chi connectivity index (χ1v) is 9.88. The Morgan fingerprint density at radius 3 is 2.12 bits per heavy atom. The molecule has 1 unspecified atom stereocenters. The highest BCUT2D eigenvalue weighted by atomic mass is 16.3. The zero-order chi connectivity index (χ0) is 18.7. The van der Waals surface area contributed by atoms with Crippen LogP contribution in [0, 0.1) is 34.5 Å². The highest BCUT2D eigenvalue weighted by molar-refractivity contribution is 5.97. The number of nitrogens with one attached hydrogen (secondary N) is 1. The van der Waals surface area contributed by atoms with E-state index in [1.165, 1.54) is 44.7 Å². The fourth-order valence-electron chi connectivity index (χ4n) is 5.95. The number of hydrogen-bond donors (Lipinski definition) is 3. The fraction of sp³-hybridized carbons (Fsp3) is 0.800. The second-order valence-electron chi connectivity index (χ2n) is 8.61. The molecule has 26 heavy (non-hydrogen) atoms. The van der Waals surface area contributed by atoms with Crippen molar-refractivity contribution >= 4 is 5.91 Å². The predicted octanol–water partition coefficient (Wildman–Crippen LogP) is 1.40. The van der Waals surface area contributed by atoms with Crippen molar-refractivity contribution in [2.45, 2.75) is 51.5 Å². The van der Waals surface area contributed by atoms with Gasteiger partial charge in [0.05, 0.1) is 13.2 Å². The third-order valence-electron chi connectivity index (χ3n) is 6.80. The van der Waals surface area contributed by atoms with Crippen molar-refractivity contribution in [3.05, 3.63) is 11.8 Å². The van der Waals surface area contributed by atoms with Crippen LogP contribution in [0.1, 0.15) is 45.4 Å². The molecule has 4 saturated carbocycles. The molecule has 144 valence electrons. The summed E-state index contributed by atoms with van der Waals surface area (Å²) < 4.78 is 0. The number of aliphatic hydroxyl groups excluding tert-OH is 2. The molecule has 0 aromatic carbocycles. The molecule has 0 radical (unpaired) electrons. The van der Waals surface area contributed by atoms with Gasteiger partial charge in [0.15, 0.2) is 0 Å². The van der Waals surface area contributed by atoms with Crippen LogP contribution in [0.15, 0.2) is 11.8 Å². The third kappa shape index (κ3) is 3.89. The number of carbonyl (C=O) groups is 1. The van der Waals surface area contributed by atoms with Crippen LogP contribution in [-0.4, -0.2) is 53.4 Å². The number of amides is 1. The quantitative estimate of drug-likeness (QED) is 0.449. The van der Waals surface area contributed by atoms with Crippen LogP contribution in [0.2, 0.25) is 0 Å². The zero-order valence-electron chi connectivity index (χ0n) is 15.7. The van der Waals surface area contributed by atoms with Crippen molar-refractivity contribution in [1.82, 2.24) is 10.2 Å². The van der Waals surface area contributed by atoms with Crippen molar-refractivity contribution in [2.24, 2.45) is 23.2 Å². The molecule has 4 rings (SSSR count). The molecular formula is C20H31N3O3. The predicted molar refractivity (Wildman–Crippen MR) is 97.7 cm³/mol. The van der Waals surface area contributed by atoms with Gasteiger partial charge in [-0.05, 0) is 68.6 Å². The Morgan fingerprint density at radius 2 is 1.69 bits per heavy atom. The Morgan fingerprint density at radius 1 is 1.19 bits per heavy atom. The molecule has 0 aromatic rings. The number of nitrogens with zero attached hydrogens (tertiary/aromatic N) is 2. The third-order valence-corrected chi connectivity index (χ3v) is 6.80. The Hall–Kier alpha value is -1.58. The first-order valence-electron chi connectivity index (χ1n) is 9.88. The molecule has 4 aliphatic rings. The summed E-state index contributed by atoms with van der Waals surface area (Å²) in [6.45, 7) is 2.47. The lowest BCUT2D eigenvalue weighted by Gasteiger charge is -2.59. The van der Waals surface area contributed by atoms with E-state index >= 15 is 0 Å². The Bertz CT molecular complexity index is 554. The molecule has 6 nitrogen and oxygen atoms in total. The monoisotopic (exact) mass is 361 g/mol. The van der Waals surface area contributed by atoms with Crippen LogP contribution in [0.25, 0.3) is 0 Å². The standard InChI is InChI=1S/C20H31N3O3/c1-14(20-9-15-6-16(10-20)8-17(7-15)11-20)22-19(26)18(12-21)13-23(2-4-24)3-5-25/h13-17,24-25H,2-11H2,1H3,(H,22,26)/b18-13-. The molecular weight excluding hydrogens is 330 g/mol. The number of nitriles is 1. The zero-order valence-corrected chi connectivity index (χ0v) is 15.7. The van der Waals surface area contributed by atoms with E-state index in [9.17, 15) is 10.1 Å². The second kappa shape index (κ2) is 7.98. The summed E-state index contributed by atoms with van der Waals surface area (Å²) in [4.78, 5) is 14.3. The lowest BCUT2D eigenvalue weighted by atomic mass is 9.48. The van der Waals surface area contributed by atoms with Crippen LogP contribution in [-0.2, 0) is 4.79 Å². The number of hydrogen-bond acceptors (Lipinski definition) is 5. The highest BCUT2D eigenvalue weighted by Crippen LogP contribution is 2.61. The van der Waals surface area contributed by atoms with Gasteiger partial charge in [0, 0.05) is 25.3 Å². The average Bonchev–Trinajstić information content (AvgIpc) is 2.58.